The Morgan fingerprint density at radius 3 is 2.74 bits per heavy atom. The molecule has 2 fully saturated rings. The lowest BCUT2D eigenvalue weighted by molar-refractivity contribution is -0.0832. The van der Waals surface area contributed by atoms with Crippen LogP contribution in [0.15, 0.2) is 18.2 Å². The second kappa shape index (κ2) is 5.49. The Balaban J connectivity index is 1.68. The molecule has 1 aromatic rings. The van der Waals surface area contributed by atoms with Crippen molar-refractivity contribution in [2.45, 2.75) is 57.2 Å². The molecule has 4 rings (SSSR count). The number of fused-ring (bicyclic) bond motifs is 5. The largest absolute Gasteiger partial charge is 0.508 e. The minimum Gasteiger partial charge on any atom is -0.508 e. The van der Waals surface area contributed by atoms with E-state index in [0.29, 0.717) is 17.6 Å². The van der Waals surface area contributed by atoms with E-state index in [9.17, 15) is 5.11 Å². The van der Waals surface area contributed by atoms with Crippen LogP contribution in [-0.4, -0.2) is 31.5 Å². The van der Waals surface area contributed by atoms with E-state index in [1.165, 1.54) is 30.4 Å². The molecule has 0 aromatic heterocycles. The molecule has 0 bridgehead atoms. The lowest BCUT2D eigenvalue weighted by Crippen LogP contribution is -2.45. The fourth-order valence-corrected chi connectivity index (χ4v) is 6.15. The number of ether oxygens (including phenoxy) is 2. The maximum atomic E-state index is 9.78. The molecule has 2 saturated carbocycles. The normalized spacial score (nSPS) is 42.0. The summed E-state index contributed by atoms with van der Waals surface area (Å²) in [7, 11) is 3.67. The number of hydrogen-bond donors (Lipinski definition) is 1. The maximum absolute atomic E-state index is 9.78. The van der Waals surface area contributed by atoms with Crippen molar-refractivity contribution in [1.29, 1.82) is 0 Å². The van der Waals surface area contributed by atoms with Gasteiger partial charge in [-0.1, -0.05) is 13.0 Å². The highest BCUT2D eigenvalue weighted by Crippen LogP contribution is 2.61. The van der Waals surface area contributed by atoms with E-state index in [-0.39, 0.29) is 17.6 Å². The van der Waals surface area contributed by atoms with E-state index in [1.807, 2.05) is 26.4 Å². The Kier molecular flexibility index (Phi) is 3.69. The van der Waals surface area contributed by atoms with Crippen molar-refractivity contribution in [3.05, 3.63) is 29.3 Å². The molecule has 3 nitrogen and oxygen atoms in total. The third-order valence-electron chi connectivity index (χ3n) is 7.18. The van der Waals surface area contributed by atoms with Crippen LogP contribution in [0.2, 0.25) is 0 Å². The Hall–Kier alpha value is -1.06. The van der Waals surface area contributed by atoms with E-state index in [2.05, 4.69) is 13.0 Å². The van der Waals surface area contributed by atoms with Crippen LogP contribution in [0.4, 0.5) is 0 Å². The molecule has 0 unspecified atom stereocenters. The summed E-state index contributed by atoms with van der Waals surface area (Å²) in [6.45, 7) is 2.42. The second-order valence-electron chi connectivity index (χ2n) is 8.01. The minimum atomic E-state index is 0.222. The molecule has 0 heterocycles. The molecule has 23 heavy (non-hydrogen) atoms. The van der Waals surface area contributed by atoms with Gasteiger partial charge in [-0.05, 0) is 78.5 Å². The number of phenols is 1. The quantitative estimate of drug-likeness (QED) is 0.899. The van der Waals surface area contributed by atoms with Gasteiger partial charge in [-0.15, -0.1) is 0 Å². The van der Waals surface area contributed by atoms with Gasteiger partial charge in [0.25, 0.3) is 0 Å². The number of benzene rings is 1. The Morgan fingerprint density at radius 2 is 2.00 bits per heavy atom. The molecule has 1 aromatic carbocycles. The molecule has 6 atom stereocenters. The standard InChI is InChI=1S/C20H28O3/c1-20-9-8-15-14-7-5-13(21)10-12(14)4-6-16(15)17(20)11-18(22-2)19(20)23-3/h5,7,10,15-19,21H,4,6,8-9,11H2,1-3H3/t15-,16-,17+,18-,19+,20+/m1/s1. The number of methoxy groups -OCH3 is 2. The van der Waals surface area contributed by atoms with Crippen LogP contribution in [-0.2, 0) is 15.9 Å². The zero-order valence-electron chi connectivity index (χ0n) is 14.4. The first-order valence-electron chi connectivity index (χ1n) is 8.96. The topological polar surface area (TPSA) is 38.7 Å². The zero-order chi connectivity index (χ0) is 16.2. The maximum Gasteiger partial charge on any atom is 0.115 e. The van der Waals surface area contributed by atoms with Crippen molar-refractivity contribution in [3.63, 3.8) is 0 Å². The van der Waals surface area contributed by atoms with E-state index in [1.54, 1.807) is 0 Å². The van der Waals surface area contributed by atoms with Gasteiger partial charge in [-0.25, -0.2) is 0 Å². The second-order valence-corrected chi connectivity index (χ2v) is 8.01. The van der Waals surface area contributed by atoms with Gasteiger partial charge in [0.05, 0.1) is 12.2 Å². The highest BCUT2D eigenvalue weighted by Gasteiger charge is 2.58. The van der Waals surface area contributed by atoms with Gasteiger partial charge in [0.1, 0.15) is 5.75 Å². The summed E-state index contributed by atoms with van der Waals surface area (Å²) in [5, 5.41) is 9.78. The summed E-state index contributed by atoms with van der Waals surface area (Å²) in [6.07, 6.45) is 6.33. The van der Waals surface area contributed by atoms with Gasteiger partial charge in [-0.2, -0.15) is 0 Å². The fourth-order valence-electron chi connectivity index (χ4n) is 6.15. The molecule has 1 N–H and O–H groups in total. The van der Waals surface area contributed by atoms with Crippen LogP contribution in [0.5, 0.6) is 5.75 Å². The highest BCUT2D eigenvalue weighted by molar-refractivity contribution is 5.40. The van der Waals surface area contributed by atoms with Crippen LogP contribution in [0.25, 0.3) is 0 Å². The fraction of sp³-hybridized carbons (Fsp3) is 0.700. The molecule has 3 aliphatic rings. The van der Waals surface area contributed by atoms with Gasteiger partial charge >= 0.3 is 0 Å². The summed E-state index contributed by atoms with van der Waals surface area (Å²) in [4.78, 5) is 0. The average molecular weight is 316 g/mol. The van der Waals surface area contributed by atoms with Crippen molar-refractivity contribution in [2.24, 2.45) is 17.3 Å². The molecular formula is C20H28O3. The smallest absolute Gasteiger partial charge is 0.115 e. The monoisotopic (exact) mass is 316 g/mol. The molecule has 0 aliphatic heterocycles. The van der Waals surface area contributed by atoms with Crippen LogP contribution < -0.4 is 0 Å². The van der Waals surface area contributed by atoms with Crippen molar-refractivity contribution >= 4 is 0 Å². The van der Waals surface area contributed by atoms with Crippen molar-refractivity contribution in [3.8, 4) is 5.75 Å². The molecule has 0 spiro atoms. The van der Waals surface area contributed by atoms with Crippen LogP contribution in [0, 0.1) is 17.3 Å². The van der Waals surface area contributed by atoms with E-state index < -0.39 is 0 Å². The first-order chi connectivity index (χ1) is 11.1. The summed E-state index contributed by atoms with van der Waals surface area (Å²) >= 11 is 0. The third kappa shape index (κ3) is 2.16. The predicted octanol–water partition coefficient (Wildman–Crippen LogP) is 3.89. The van der Waals surface area contributed by atoms with Gasteiger partial charge in [-0.3, -0.25) is 0 Å². The van der Waals surface area contributed by atoms with Crippen molar-refractivity contribution in [2.75, 3.05) is 14.2 Å². The van der Waals surface area contributed by atoms with Crippen molar-refractivity contribution < 1.29 is 14.6 Å². The Morgan fingerprint density at radius 1 is 1.17 bits per heavy atom. The Bertz CT molecular complexity index is 599. The number of rotatable bonds is 2. The molecule has 0 saturated heterocycles. The lowest BCUT2D eigenvalue weighted by atomic mass is 9.55. The predicted molar refractivity (Wildman–Crippen MR) is 89.7 cm³/mol. The van der Waals surface area contributed by atoms with Gasteiger partial charge < -0.3 is 14.6 Å². The summed E-state index contributed by atoms with van der Waals surface area (Å²) in [6, 6.07) is 6.00. The minimum absolute atomic E-state index is 0.222. The van der Waals surface area contributed by atoms with Crippen LogP contribution in [0.1, 0.15) is 49.7 Å². The lowest BCUT2D eigenvalue weighted by Gasteiger charge is -2.50. The van der Waals surface area contributed by atoms with E-state index in [0.717, 1.165) is 18.8 Å². The molecular weight excluding hydrogens is 288 g/mol. The van der Waals surface area contributed by atoms with Gasteiger partial charge in [0.15, 0.2) is 0 Å². The first-order valence-corrected chi connectivity index (χ1v) is 8.96. The SMILES string of the molecule is CO[C@@H]1C[C@H]2[C@@H]3CCc4cc(O)ccc4[C@H]3CC[C@]2(C)[C@H]1OC. The summed E-state index contributed by atoms with van der Waals surface area (Å²) in [5.41, 5.74) is 3.08. The number of hydrogen-bond acceptors (Lipinski definition) is 3. The van der Waals surface area contributed by atoms with E-state index >= 15 is 0 Å². The number of aryl methyl sites for hydroxylation is 1. The average Bonchev–Trinajstić information content (AvgIpc) is 2.85. The summed E-state index contributed by atoms with van der Waals surface area (Å²) in [5.74, 6) is 2.45. The first kappa shape index (κ1) is 15.5. The third-order valence-corrected chi connectivity index (χ3v) is 7.18. The molecule has 0 radical (unpaired) electrons. The zero-order valence-corrected chi connectivity index (χ0v) is 14.4. The van der Waals surface area contributed by atoms with Crippen LogP contribution >= 0.6 is 0 Å². The van der Waals surface area contributed by atoms with Crippen LogP contribution in [0.3, 0.4) is 0 Å². The number of phenolic OH excluding ortho intramolecular Hbond substituents is 1. The Labute approximate surface area is 139 Å². The van der Waals surface area contributed by atoms with Crippen molar-refractivity contribution in [1.82, 2.24) is 0 Å². The van der Waals surface area contributed by atoms with Gasteiger partial charge in [0.2, 0.25) is 0 Å². The molecule has 3 heteroatoms. The van der Waals surface area contributed by atoms with Gasteiger partial charge in [0, 0.05) is 14.2 Å². The summed E-state index contributed by atoms with van der Waals surface area (Å²) < 4.78 is 11.7. The molecule has 0 amide bonds. The molecule has 3 aliphatic carbocycles. The van der Waals surface area contributed by atoms with E-state index in [4.69, 9.17) is 9.47 Å². The highest BCUT2D eigenvalue weighted by atomic mass is 16.5. The molecule has 126 valence electrons. The number of aromatic hydroxyl groups is 1.